The second-order valence-corrected chi connectivity index (χ2v) is 3.84. The minimum Gasteiger partial charge on any atom is -0.463 e. The van der Waals surface area contributed by atoms with Crippen LogP contribution in [0.4, 0.5) is 5.82 Å². The maximum atomic E-state index is 11.3. The molecule has 0 saturated heterocycles. The number of aryl methyl sites for hydroxylation is 1. The van der Waals surface area contributed by atoms with Crippen LogP contribution in [0.15, 0.2) is 6.07 Å². The molecule has 0 aliphatic rings. The lowest BCUT2D eigenvalue weighted by Crippen LogP contribution is -2.18. The highest BCUT2D eigenvalue weighted by Gasteiger charge is 2.10. The van der Waals surface area contributed by atoms with E-state index in [-0.39, 0.29) is 5.82 Å². The first kappa shape index (κ1) is 14.4. The normalized spacial score (nSPS) is 10.2. The average Bonchev–Trinajstić information content (AvgIpc) is 2.37. The SMILES string of the molecule is CCNCCCNc1cc(C)nc(C(=O)OC)n1. The standard InChI is InChI=1S/C12H20N4O2/c1-4-13-6-5-7-14-10-8-9(2)15-11(16-10)12(17)18-3/h8,13H,4-7H2,1-3H3,(H,14,15,16). The van der Waals surface area contributed by atoms with Crippen molar-refractivity contribution in [2.24, 2.45) is 0 Å². The monoisotopic (exact) mass is 252 g/mol. The number of nitrogens with zero attached hydrogens (tertiary/aromatic N) is 2. The summed E-state index contributed by atoms with van der Waals surface area (Å²) in [6.07, 6.45) is 0.991. The molecule has 18 heavy (non-hydrogen) atoms. The number of ether oxygens (including phenoxy) is 1. The van der Waals surface area contributed by atoms with E-state index >= 15 is 0 Å². The molecule has 0 aliphatic carbocycles. The predicted octanol–water partition coefficient (Wildman–Crippen LogP) is 0.983. The van der Waals surface area contributed by atoms with Crippen molar-refractivity contribution in [3.8, 4) is 0 Å². The Hall–Kier alpha value is -1.69. The second-order valence-electron chi connectivity index (χ2n) is 3.84. The topological polar surface area (TPSA) is 76.1 Å². The summed E-state index contributed by atoms with van der Waals surface area (Å²) in [7, 11) is 1.32. The van der Waals surface area contributed by atoms with Crippen LogP contribution in [0.1, 0.15) is 29.7 Å². The lowest BCUT2D eigenvalue weighted by Gasteiger charge is -2.07. The zero-order chi connectivity index (χ0) is 13.4. The molecule has 1 aromatic heterocycles. The third-order valence-electron chi connectivity index (χ3n) is 2.31. The van der Waals surface area contributed by atoms with Gasteiger partial charge >= 0.3 is 5.97 Å². The fourth-order valence-electron chi connectivity index (χ4n) is 1.45. The van der Waals surface area contributed by atoms with Crippen LogP contribution in [0.5, 0.6) is 0 Å². The van der Waals surface area contributed by atoms with E-state index in [2.05, 4.69) is 32.3 Å². The minimum atomic E-state index is -0.519. The smallest absolute Gasteiger partial charge is 0.376 e. The molecule has 1 rings (SSSR count). The third kappa shape index (κ3) is 4.67. The van der Waals surface area contributed by atoms with Gasteiger partial charge in [-0.1, -0.05) is 6.92 Å². The lowest BCUT2D eigenvalue weighted by molar-refractivity contribution is 0.0586. The largest absolute Gasteiger partial charge is 0.463 e. The minimum absolute atomic E-state index is 0.0895. The van der Waals surface area contributed by atoms with Gasteiger partial charge in [0, 0.05) is 18.3 Å². The summed E-state index contributed by atoms with van der Waals surface area (Å²) in [6, 6.07) is 1.81. The van der Waals surface area contributed by atoms with Crippen LogP contribution in [-0.2, 0) is 4.74 Å². The number of hydrogen-bond acceptors (Lipinski definition) is 6. The quantitative estimate of drug-likeness (QED) is 0.556. The predicted molar refractivity (Wildman–Crippen MR) is 69.8 cm³/mol. The summed E-state index contributed by atoms with van der Waals surface area (Å²) in [5, 5.41) is 6.40. The summed E-state index contributed by atoms with van der Waals surface area (Å²) in [5.41, 5.74) is 0.736. The zero-order valence-corrected chi connectivity index (χ0v) is 11.1. The van der Waals surface area contributed by atoms with Crippen molar-refractivity contribution in [2.45, 2.75) is 20.3 Å². The summed E-state index contributed by atoms with van der Waals surface area (Å²) in [4.78, 5) is 19.5. The van der Waals surface area contributed by atoms with Gasteiger partial charge < -0.3 is 15.4 Å². The zero-order valence-electron chi connectivity index (χ0n) is 11.1. The van der Waals surface area contributed by atoms with Gasteiger partial charge in [0.2, 0.25) is 5.82 Å². The number of aromatic nitrogens is 2. The van der Waals surface area contributed by atoms with Crippen molar-refractivity contribution in [1.29, 1.82) is 0 Å². The molecule has 1 heterocycles. The summed E-state index contributed by atoms with van der Waals surface area (Å²) >= 11 is 0. The van der Waals surface area contributed by atoms with E-state index in [4.69, 9.17) is 0 Å². The van der Waals surface area contributed by atoms with Crippen LogP contribution < -0.4 is 10.6 Å². The number of hydrogen-bond donors (Lipinski definition) is 2. The van der Waals surface area contributed by atoms with E-state index in [0.29, 0.717) is 5.82 Å². The highest BCUT2D eigenvalue weighted by Crippen LogP contribution is 2.06. The molecule has 100 valence electrons. The molecule has 0 fully saturated rings. The Bertz CT molecular complexity index is 396. The van der Waals surface area contributed by atoms with Crippen LogP contribution in [0.25, 0.3) is 0 Å². The van der Waals surface area contributed by atoms with Crippen molar-refractivity contribution < 1.29 is 9.53 Å². The molecule has 0 spiro atoms. The molecule has 6 heteroatoms. The van der Waals surface area contributed by atoms with Crippen LogP contribution >= 0.6 is 0 Å². The first-order valence-electron chi connectivity index (χ1n) is 6.06. The third-order valence-corrected chi connectivity index (χ3v) is 2.31. The van der Waals surface area contributed by atoms with E-state index in [1.165, 1.54) is 7.11 Å². The van der Waals surface area contributed by atoms with Gasteiger partial charge in [-0.05, 0) is 26.4 Å². The molecule has 0 atom stereocenters. The molecule has 0 amide bonds. The number of esters is 1. The van der Waals surface area contributed by atoms with E-state index in [1.54, 1.807) is 6.07 Å². The van der Waals surface area contributed by atoms with Gasteiger partial charge in [0.25, 0.3) is 0 Å². The Labute approximate surface area is 107 Å². The highest BCUT2D eigenvalue weighted by molar-refractivity contribution is 5.85. The maximum absolute atomic E-state index is 11.3. The van der Waals surface area contributed by atoms with E-state index in [1.807, 2.05) is 6.92 Å². The number of carbonyl (C=O) groups excluding carboxylic acids is 1. The number of rotatable bonds is 7. The number of anilines is 1. The van der Waals surface area contributed by atoms with Crippen LogP contribution in [-0.4, -0.2) is 42.7 Å². The van der Waals surface area contributed by atoms with Crippen molar-refractivity contribution in [1.82, 2.24) is 15.3 Å². The number of nitrogens with one attached hydrogen (secondary N) is 2. The molecular weight excluding hydrogens is 232 g/mol. The number of carbonyl (C=O) groups is 1. The van der Waals surface area contributed by atoms with Crippen molar-refractivity contribution in [3.63, 3.8) is 0 Å². The van der Waals surface area contributed by atoms with Crippen LogP contribution in [0, 0.1) is 6.92 Å². The van der Waals surface area contributed by atoms with Gasteiger partial charge in [0.1, 0.15) is 5.82 Å². The fourth-order valence-corrected chi connectivity index (χ4v) is 1.45. The summed E-state index contributed by atoms with van der Waals surface area (Å²) < 4.78 is 4.60. The van der Waals surface area contributed by atoms with Crippen LogP contribution in [0.2, 0.25) is 0 Å². The Balaban J connectivity index is 2.55. The average molecular weight is 252 g/mol. The maximum Gasteiger partial charge on any atom is 0.376 e. The highest BCUT2D eigenvalue weighted by atomic mass is 16.5. The first-order chi connectivity index (χ1) is 8.67. The molecular formula is C12H20N4O2. The molecule has 0 radical (unpaired) electrons. The molecule has 0 saturated carbocycles. The van der Waals surface area contributed by atoms with Gasteiger partial charge in [-0.25, -0.2) is 14.8 Å². The van der Waals surface area contributed by atoms with Crippen molar-refractivity contribution >= 4 is 11.8 Å². The molecule has 0 aliphatic heterocycles. The van der Waals surface area contributed by atoms with Gasteiger partial charge in [-0.2, -0.15) is 0 Å². The van der Waals surface area contributed by atoms with Gasteiger partial charge in [0.05, 0.1) is 7.11 Å². The summed E-state index contributed by atoms with van der Waals surface area (Å²) in [6.45, 7) is 6.61. The summed E-state index contributed by atoms with van der Waals surface area (Å²) in [5.74, 6) is 0.223. The van der Waals surface area contributed by atoms with Gasteiger partial charge in [0.15, 0.2) is 0 Å². The lowest BCUT2D eigenvalue weighted by atomic mass is 10.3. The molecule has 6 nitrogen and oxygen atoms in total. The molecule has 0 aromatic carbocycles. The van der Waals surface area contributed by atoms with Crippen LogP contribution in [0.3, 0.4) is 0 Å². The first-order valence-corrected chi connectivity index (χ1v) is 6.06. The molecule has 1 aromatic rings. The van der Waals surface area contributed by atoms with Crippen molar-refractivity contribution in [2.75, 3.05) is 32.1 Å². The van der Waals surface area contributed by atoms with Crippen molar-refractivity contribution in [3.05, 3.63) is 17.6 Å². The van der Waals surface area contributed by atoms with E-state index in [0.717, 1.165) is 31.7 Å². The second kappa shape index (κ2) is 7.60. The Morgan fingerprint density at radius 2 is 2.17 bits per heavy atom. The van der Waals surface area contributed by atoms with E-state index < -0.39 is 5.97 Å². The Morgan fingerprint density at radius 1 is 1.39 bits per heavy atom. The molecule has 2 N–H and O–H groups in total. The Kier molecular flexibility index (Phi) is 6.07. The number of methoxy groups -OCH3 is 1. The van der Waals surface area contributed by atoms with Gasteiger partial charge in [-0.3, -0.25) is 0 Å². The fraction of sp³-hybridized carbons (Fsp3) is 0.583. The molecule has 0 unspecified atom stereocenters. The van der Waals surface area contributed by atoms with Gasteiger partial charge in [-0.15, -0.1) is 0 Å². The van der Waals surface area contributed by atoms with E-state index in [9.17, 15) is 4.79 Å². The molecule has 0 bridgehead atoms. The Morgan fingerprint density at radius 3 is 2.83 bits per heavy atom.